The lowest BCUT2D eigenvalue weighted by Gasteiger charge is -2.12. The molecule has 5 rings (SSSR count). The van der Waals surface area contributed by atoms with Gasteiger partial charge in [0, 0.05) is 27.9 Å². The van der Waals surface area contributed by atoms with E-state index in [0.717, 1.165) is 25.1 Å². The van der Waals surface area contributed by atoms with Crippen LogP contribution in [0.15, 0.2) is 53.6 Å². The molecule has 0 aliphatic carbocycles. The summed E-state index contributed by atoms with van der Waals surface area (Å²) < 4.78 is 9.04. The fraction of sp³-hybridized carbons (Fsp3) is 0.227. The van der Waals surface area contributed by atoms with Crippen LogP contribution in [0.4, 0.5) is 0 Å². The van der Waals surface area contributed by atoms with Crippen molar-refractivity contribution in [2.24, 2.45) is 0 Å². The van der Waals surface area contributed by atoms with Crippen LogP contribution in [0, 0.1) is 0 Å². The molecule has 0 saturated carbocycles. The molecule has 0 radical (unpaired) electrons. The van der Waals surface area contributed by atoms with Gasteiger partial charge in [-0.15, -0.1) is 0 Å². The number of rotatable bonds is 4. The first-order chi connectivity index (χ1) is 15.0. The van der Waals surface area contributed by atoms with E-state index in [1.165, 1.54) is 0 Å². The highest BCUT2D eigenvalue weighted by molar-refractivity contribution is 6.36. The number of benzene rings is 2. The van der Waals surface area contributed by atoms with Crippen molar-refractivity contribution in [3.8, 4) is 17.1 Å². The SMILES string of the molecule is O=c1c2nc(-c3ccc(Cl)cc3Cl)n(-c3ccc(Cl)cc3)c2ncn1CC1CCCO1. The number of hydrogen-bond acceptors (Lipinski definition) is 4. The zero-order valence-electron chi connectivity index (χ0n) is 16.3. The van der Waals surface area contributed by atoms with Crippen molar-refractivity contribution in [3.63, 3.8) is 0 Å². The van der Waals surface area contributed by atoms with E-state index in [4.69, 9.17) is 39.5 Å². The predicted molar refractivity (Wildman–Crippen MR) is 123 cm³/mol. The number of halogens is 3. The van der Waals surface area contributed by atoms with Crippen molar-refractivity contribution in [2.75, 3.05) is 6.61 Å². The smallest absolute Gasteiger partial charge is 0.281 e. The maximum atomic E-state index is 13.3. The molecule has 1 fully saturated rings. The molecule has 0 N–H and O–H groups in total. The van der Waals surface area contributed by atoms with Gasteiger partial charge in [0.05, 0.1) is 17.7 Å². The van der Waals surface area contributed by atoms with Crippen LogP contribution in [0.25, 0.3) is 28.2 Å². The van der Waals surface area contributed by atoms with E-state index in [0.29, 0.717) is 38.6 Å². The Morgan fingerprint density at radius 1 is 1.06 bits per heavy atom. The number of fused-ring (bicyclic) bond motifs is 1. The molecule has 0 amide bonds. The standard InChI is InChI=1S/C22H17Cl3N4O2/c23-13-3-6-15(7-4-13)29-20(17-8-5-14(24)10-18(17)25)27-19-21(29)26-12-28(22(19)30)11-16-2-1-9-31-16/h3-8,10,12,16H,1-2,9,11H2. The molecule has 31 heavy (non-hydrogen) atoms. The predicted octanol–water partition coefficient (Wildman–Crippen LogP) is 5.39. The van der Waals surface area contributed by atoms with Crippen LogP contribution in [-0.4, -0.2) is 31.8 Å². The molecular formula is C22H17Cl3N4O2. The summed E-state index contributed by atoms with van der Waals surface area (Å²) in [5.41, 5.74) is 1.88. The molecular weight excluding hydrogens is 459 g/mol. The van der Waals surface area contributed by atoms with Gasteiger partial charge < -0.3 is 4.74 Å². The monoisotopic (exact) mass is 474 g/mol. The summed E-state index contributed by atoms with van der Waals surface area (Å²) in [5.74, 6) is 0.499. The Morgan fingerprint density at radius 2 is 1.84 bits per heavy atom. The fourth-order valence-corrected chi connectivity index (χ4v) is 4.43. The first kappa shape index (κ1) is 20.5. The molecule has 1 aliphatic rings. The molecule has 0 bridgehead atoms. The van der Waals surface area contributed by atoms with Crippen molar-refractivity contribution in [1.82, 2.24) is 19.1 Å². The van der Waals surface area contributed by atoms with Crippen molar-refractivity contribution >= 4 is 46.0 Å². The van der Waals surface area contributed by atoms with E-state index in [1.54, 1.807) is 45.8 Å². The maximum absolute atomic E-state index is 13.3. The quantitative estimate of drug-likeness (QED) is 0.397. The van der Waals surface area contributed by atoms with Crippen molar-refractivity contribution in [1.29, 1.82) is 0 Å². The number of hydrogen-bond donors (Lipinski definition) is 0. The molecule has 0 spiro atoms. The van der Waals surface area contributed by atoms with E-state index in [-0.39, 0.29) is 17.2 Å². The van der Waals surface area contributed by atoms with E-state index in [9.17, 15) is 4.79 Å². The van der Waals surface area contributed by atoms with Crippen LogP contribution in [0.1, 0.15) is 12.8 Å². The van der Waals surface area contributed by atoms with Crippen molar-refractivity contribution in [2.45, 2.75) is 25.5 Å². The molecule has 2 aromatic heterocycles. The lowest BCUT2D eigenvalue weighted by Crippen LogP contribution is -2.26. The van der Waals surface area contributed by atoms with Gasteiger partial charge in [0.15, 0.2) is 11.2 Å². The van der Waals surface area contributed by atoms with Gasteiger partial charge in [-0.05, 0) is 55.3 Å². The van der Waals surface area contributed by atoms with Crippen molar-refractivity contribution < 1.29 is 4.74 Å². The Labute approximate surface area is 193 Å². The summed E-state index contributed by atoms with van der Waals surface area (Å²) in [6.07, 6.45) is 3.49. The third-order valence-electron chi connectivity index (χ3n) is 5.32. The highest BCUT2D eigenvalue weighted by Gasteiger charge is 2.22. The van der Waals surface area contributed by atoms with Crippen LogP contribution in [-0.2, 0) is 11.3 Å². The minimum Gasteiger partial charge on any atom is -0.376 e. The average molecular weight is 476 g/mol. The van der Waals surface area contributed by atoms with E-state index >= 15 is 0 Å². The summed E-state index contributed by atoms with van der Waals surface area (Å²) in [4.78, 5) is 22.5. The Kier molecular flexibility index (Phi) is 5.48. The second-order valence-electron chi connectivity index (χ2n) is 7.38. The summed E-state index contributed by atoms with van der Waals surface area (Å²) in [5, 5.41) is 1.55. The van der Waals surface area contributed by atoms with E-state index in [2.05, 4.69) is 9.97 Å². The number of aromatic nitrogens is 4. The Balaban J connectivity index is 1.73. The molecule has 1 atom stereocenters. The first-order valence-electron chi connectivity index (χ1n) is 9.82. The van der Waals surface area contributed by atoms with Gasteiger partial charge in [-0.25, -0.2) is 9.97 Å². The van der Waals surface area contributed by atoms with Crippen LogP contribution >= 0.6 is 34.8 Å². The number of nitrogens with zero attached hydrogens (tertiary/aromatic N) is 4. The topological polar surface area (TPSA) is 61.9 Å². The van der Waals surface area contributed by atoms with Crippen LogP contribution in [0.3, 0.4) is 0 Å². The highest BCUT2D eigenvalue weighted by Crippen LogP contribution is 2.33. The minimum atomic E-state index is -0.223. The molecule has 4 aromatic rings. The Bertz CT molecular complexity index is 1330. The van der Waals surface area contributed by atoms with Crippen LogP contribution in [0.2, 0.25) is 15.1 Å². The Morgan fingerprint density at radius 3 is 2.55 bits per heavy atom. The molecule has 9 heteroatoms. The van der Waals surface area contributed by atoms with Crippen molar-refractivity contribution in [3.05, 3.63) is 74.2 Å². The van der Waals surface area contributed by atoms with Gasteiger partial charge in [0.2, 0.25) is 0 Å². The zero-order valence-corrected chi connectivity index (χ0v) is 18.5. The fourth-order valence-electron chi connectivity index (χ4n) is 3.81. The second-order valence-corrected chi connectivity index (χ2v) is 8.66. The highest BCUT2D eigenvalue weighted by atomic mass is 35.5. The largest absolute Gasteiger partial charge is 0.376 e. The summed E-state index contributed by atoms with van der Waals surface area (Å²) in [6, 6.07) is 12.4. The van der Waals surface area contributed by atoms with Gasteiger partial charge in [-0.3, -0.25) is 13.9 Å². The summed E-state index contributed by atoms with van der Waals surface area (Å²) >= 11 is 18.6. The molecule has 2 aromatic carbocycles. The van der Waals surface area contributed by atoms with Crippen LogP contribution < -0.4 is 5.56 Å². The van der Waals surface area contributed by atoms with Gasteiger partial charge in [-0.1, -0.05) is 34.8 Å². The van der Waals surface area contributed by atoms with Gasteiger partial charge in [0.1, 0.15) is 12.2 Å². The van der Waals surface area contributed by atoms with Gasteiger partial charge in [-0.2, -0.15) is 0 Å². The maximum Gasteiger partial charge on any atom is 0.281 e. The van der Waals surface area contributed by atoms with Crippen LogP contribution in [0.5, 0.6) is 0 Å². The lowest BCUT2D eigenvalue weighted by atomic mass is 10.2. The summed E-state index contributed by atoms with van der Waals surface area (Å²) in [6.45, 7) is 1.17. The summed E-state index contributed by atoms with van der Waals surface area (Å²) in [7, 11) is 0. The molecule has 3 heterocycles. The van der Waals surface area contributed by atoms with E-state index in [1.807, 2.05) is 12.1 Å². The van der Waals surface area contributed by atoms with Gasteiger partial charge in [0.25, 0.3) is 5.56 Å². The molecule has 1 saturated heterocycles. The molecule has 1 aliphatic heterocycles. The third kappa shape index (κ3) is 3.85. The normalized spacial score (nSPS) is 16.3. The molecule has 158 valence electrons. The minimum absolute atomic E-state index is 0.0143. The Hall–Kier alpha value is -2.38. The van der Waals surface area contributed by atoms with Gasteiger partial charge >= 0.3 is 0 Å². The molecule has 6 nitrogen and oxygen atoms in total. The van der Waals surface area contributed by atoms with E-state index < -0.39 is 0 Å². The lowest BCUT2D eigenvalue weighted by molar-refractivity contribution is 0.0960. The zero-order chi connectivity index (χ0) is 21.5. The number of ether oxygens (including phenoxy) is 1. The second kappa shape index (κ2) is 8.28. The average Bonchev–Trinajstić information content (AvgIpc) is 3.39. The third-order valence-corrected chi connectivity index (χ3v) is 6.12. The number of imidazole rings is 1. The molecule has 1 unspecified atom stereocenters. The first-order valence-corrected chi connectivity index (χ1v) is 11.0.